The van der Waals surface area contributed by atoms with Gasteiger partial charge in [-0.1, -0.05) is 139 Å². The summed E-state index contributed by atoms with van der Waals surface area (Å²) < 4.78 is 51.7. The van der Waals surface area contributed by atoms with Gasteiger partial charge in [-0.3, -0.25) is 0 Å². The maximum Gasteiger partial charge on any atom is 0.135 e. The zero-order valence-electron chi connectivity index (χ0n) is 31.4. The van der Waals surface area contributed by atoms with Crippen LogP contribution in [0.4, 0.5) is 17.1 Å². The van der Waals surface area contributed by atoms with E-state index >= 15 is 0 Å². The van der Waals surface area contributed by atoms with E-state index < -0.39 is 11.5 Å². The van der Waals surface area contributed by atoms with Gasteiger partial charge in [-0.15, -0.1) is 0 Å². The lowest BCUT2D eigenvalue weighted by Crippen LogP contribution is -2.28. The van der Waals surface area contributed by atoms with E-state index in [1.54, 1.807) is 0 Å². The van der Waals surface area contributed by atoms with E-state index in [0.29, 0.717) is 11.2 Å². The summed E-state index contributed by atoms with van der Waals surface area (Å²) in [5.41, 5.74) is 7.50. The minimum atomic E-state index is -1.30. The first-order valence-corrected chi connectivity index (χ1v) is 16.4. The highest BCUT2D eigenvalue weighted by molar-refractivity contribution is 6.09. The molecule has 0 saturated carbocycles. The van der Waals surface area contributed by atoms with Gasteiger partial charge in [0, 0.05) is 27.8 Å². The van der Waals surface area contributed by atoms with Crippen molar-refractivity contribution in [3.05, 3.63) is 210 Å². The molecule has 1 unspecified atom stereocenters. The third-order valence-corrected chi connectivity index (χ3v) is 9.97. The Morgan fingerprint density at radius 3 is 2.04 bits per heavy atom. The molecule has 0 saturated heterocycles. The van der Waals surface area contributed by atoms with Crippen molar-refractivity contribution in [3.8, 4) is 11.1 Å². The summed E-state index contributed by atoms with van der Waals surface area (Å²) >= 11 is 0. The van der Waals surface area contributed by atoms with Crippen LogP contribution in [0.2, 0.25) is 0 Å². The minimum absolute atomic E-state index is 0.208. The molecule has 0 spiro atoms. The van der Waals surface area contributed by atoms with Crippen molar-refractivity contribution in [1.82, 2.24) is 0 Å². The van der Waals surface area contributed by atoms with Crippen molar-refractivity contribution in [2.24, 2.45) is 0 Å². The van der Waals surface area contributed by atoms with Gasteiger partial charge in [0.05, 0.1) is 12.3 Å². The summed E-state index contributed by atoms with van der Waals surface area (Å²) in [4.78, 5) is 2.24. The van der Waals surface area contributed by atoms with Gasteiger partial charge in [0.25, 0.3) is 0 Å². The van der Waals surface area contributed by atoms with E-state index in [2.05, 4.69) is 71.6 Å². The molecule has 0 amide bonds. The fraction of sp³-hybridized carbons (Fsp3) is 0.0213. The van der Waals surface area contributed by atoms with Crippen molar-refractivity contribution in [3.63, 3.8) is 0 Å². The van der Waals surface area contributed by atoms with Crippen molar-refractivity contribution < 1.29 is 11.3 Å². The summed E-state index contributed by atoms with van der Waals surface area (Å²) in [6.07, 6.45) is 0. The Kier molecular flexibility index (Phi) is 5.09. The Bertz CT molecular complexity index is 2940. The highest BCUT2D eigenvalue weighted by Gasteiger charge is 2.47. The standard InChI is InChI=1S/C47H31NO/c1-3-16-34(17-4-1)47(43-23-13-25-45-46(43)39-21-10-12-24-44(39)49-45)41-22-11-9-20-38(41)40-31-37(28-29-42(40)47)48(35-18-5-2-6-19-35)36-27-26-32-14-7-8-15-33(32)30-36/h1-31H/i1D,3D,4D,16D,17D. The molecule has 2 heteroatoms. The van der Waals surface area contributed by atoms with E-state index in [9.17, 15) is 2.74 Å². The predicted molar refractivity (Wildman–Crippen MR) is 203 cm³/mol. The summed E-state index contributed by atoms with van der Waals surface area (Å²) in [7, 11) is 0. The van der Waals surface area contributed by atoms with Crippen molar-refractivity contribution in [2.45, 2.75) is 5.41 Å². The molecule has 0 aliphatic heterocycles. The highest BCUT2D eigenvalue weighted by Crippen LogP contribution is 2.58. The topological polar surface area (TPSA) is 16.4 Å². The second kappa shape index (κ2) is 10.8. The number of rotatable bonds is 5. The van der Waals surface area contributed by atoms with E-state index in [1.165, 1.54) is 0 Å². The number of furan rings is 1. The quantitative estimate of drug-likeness (QED) is 0.188. The Balaban J connectivity index is 1.33. The van der Waals surface area contributed by atoms with Crippen LogP contribution in [0, 0.1) is 0 Å². The van der Waals surface area contributed by atoms with Crippen LogP contribution in [-0.2, 0) is 5.41 Å². The van der Waals surface area contributed by atoms with Crippen LogP contribution >= 0.6 is 0 Å². The van der Waals surface area contributed by atoms with Gasteiger partial charge in [0.2, 0.25) is 0 Å². The molecule has 8 aromatic carbocycles. The van der Waals surface area contributed by atoms with Crippen molar-refractivity contribution in [2.75, 3.05) is 4.90 Å². The number of benzene rings is 8. The van der Waals surface area contributed by atoms with Crippen LogP contribution in [0.5, 0.6) is 0 Å². The number of hydrogen-bond acceptors (Lipinski definition) is 2. The lowest BCUT2D eigenvalue weighted by atomic mass is 9.66. The van der Waals surface area contributed by atoms with Crippen LogP contribution in [-0.4, -0.2) is 0 Å². The fourth-order valence-corrected chi connectivity index (χ4v) is 7.97. The molecule has 0 radical (unpaired) electrons. The summed E-state index contributed by atoms with van der Waals surface area (Å²) in [6, 6.07) is 51.6. The van der Waals surface area contributed by atoms with E-state index in [0.717, 1.165) is 66.4 Å². The van der Waals surface area contributed by atoms with Crippen LogP contribution in [0.3, 0.4) is 0 Å². The van der Waals surface area contributed by atoms with Gasteiger partial charge in [0.1, 0.15) is 11.2 Å². The van der Waals surface area contributed by atoms with Crippen molar-refractivity contribution in [1.29, 1.82) is 0 Å². The molecular formula is C47H31NO. The molecule has 0 N–H and O–H groups in total. The average molecular weight is 631 g/mol. The molecule has 1 heterocycles. The Morgan fingerprint density at radius 2 is 1.14 bits per heavy atom. The van der Waals surface area contributed by atoms with Gasteiger partial charge in [-0.25, -0.2) is 0 Å². The van der Waals surface area contributed by atoms with E-state index in [4.69, 9.17) is 8.53 Å². The lowest BCUT2D eigenvalue weighted by molar-refractivity contribution is 0.667. The second-order valence-electron chi connectivity index (χ2n) is 12.5. The van der Waals surface area contributed by atoms with Gasteiger partial charge in [0.15, 0.2) is 0 Å². The summed E-state index contributed by atoms with van der Waals surface area (Å²) in [5, 5.41) is 4.02. The smallest absolute Gasteiger partial charge is 0.135 e. The number of hydrogen-bond donors (Lipinski definition) is 0. The molecular weight excluding hydrogens is 595 g/mol. The number of fused-ring (bicyclic) bond motifs is 7. The first-order valence-electron chi connectivity index (χ1n) is 18.9. The Morgan fingerprint density at radius 1 is 0.469 bits per heavy atom. The minimum Gasteiger partial charge on any atom is -0.456 e. The van der Waals surface area contributed by atoms with Gasteiger partial charge < -0.3 is 9.32 Å². The molecule has 1 aromatic heterocycles. The van der Waals surface area contributed by atoms with Gasteiger partial charge >= 0.3 is 0 Å². The largest absolute Gasteiger partial charge is 0.456 e. The monoisotopic (exact) mass is 630 g/mol. The molecule has 1 aliphatic rings. The molecule has 0 fully saturated rings. The van der Waals surface area contributed by atoms with Crippen molar-refractivity contribution >= 4 is 49.8 Å². The molecule has 9 aromatic rings. The molecule has 2 nitrogen and oxygen atoms in total. The van der Waals surface area contributed by atoms with Gasteiger partial charge in [-0.2, -0.15) is 0 Å². The maximum absolute atomic E-state index is 9.49. The zero-order valence-corrected chi connectivity index (χ0v) is 26.4. The van der Waals surface area contributed by atoms with Crippen LogP contribution in [0.1, 0.15) is 29.1 Å². The second-order valence-corrected chi connectivity index (χ2v) is 12.5. The molecule has 1 aliphatic carbocycles. The summed E-state index contributed by atoms with van der Waals surface area (Å²) in [6.45, 7) is 0. The highest BCUT2D eigenvalue weighted by atomic mass is 16.3. The number of anilines is 3. The lowest BCUT2D eigenvalue weighted by Gasteiger charge is -2.34. The van der Waals surface area contributed by atoms with E-state index in [1.807, 2.05) is 91.0 Å². The Labute approximate surface area is 292 Å². The maximum atomic E-state index is 9.49. The van der Waals surface area contributed by atoms with Gasteiger partial charge in [-0.05, 0) is 92.7 Å². The first kappa shape index (κ1) is 23.0. The van der Waals surface area contributed by atoms with E-state index in [-0.39, 0.29) is 29.7 Å². The molecule has 230 valence electrons. The fourth-order valence-electron chi connectivity index (χ4n) is 7.97. The SMILES string of the molecule is [2H]c1c([2H])c([2H])c(C2(c3cccc4oc5ccccc5c34)c3ccccc3-c3cc(N(c4ccccc4)c4ccc5ccccc5c4)ccc32)c([2H])c1[2H]. The third kappa shape index (κ3) is 4.07. The zero-order chi connectivity index (χ0) is 36.7. The van der Waals surface area contributed by atoms with Crippen LogP contribution in [0.25, 0.3) is 43.8 Å². The number of nitrogens with zero attached hydrogens (tertiary/aromatic N) is 1. The number of para-hydroxylation sites is 2. The third-order valence-electron chi connectivity index (χ3n) is 9.97. The van der Waals surface area contributed by atoms with Crippen LogP contribution < -0.4 is 4.90 Å². The molecule has 1 atom stereocenters. The summed E-state index contributed by atoms with van der Waals surface area (Å²) in [5.74, 6) is 0. The molecule has 0 bridgehead atoms. The van der Waals surface area contributed by atoms with Crippen LogP contribution in [0.15, 0.2) is 192 Å². The molecule has 10 rings (SSSR count). The molecule has 49 heavy (non-hydrogen) atoms. The normalized spacial score (nSPS) is 16.4. The Hall–Kier alpha value is -6.38. The predicted octanol–water partition coefficient (Wildman–Crippen LogP) is 12.6. The first-order chi connectivity index (χ1) is 26.4. The average Bonchev–Trinajstić information content (AvgIpc) is 3.74.